The van der Waals surface area contributed by atoms with E-state index in [-0.39, 0.29) is 21.3 Å². The van der Waals surface area contributed by atoms with Gasteiger partial charge in [-0.3, -0.25) is 4.79 Å². The zero-order valence-corrected chi connectivity index (χ0v) is 11.4. The molecular weight excluding hydrogens is 262 g/mol. The number of sulfonamides is 1. The van der Waals surface area contributed by atoms with Crippen LogP contribution in [0, 0.1) is 5.41 Å². The van der Waals surface area contributed by atoms with Crippen molar-refractivity contribution < 1.29 is 13.2 Å². The summed E-state index contributed by atoms with van der Waals surface area (Å²) in [5.41, 5.74) is -0.466. The third kappa shape index (κ3) is 3.28. The van der Waals surface area contributed by atoms with E-state index in [0.717, 1.165) is 0 Å². The van der Waals surface area contributed by atoms with E-state index in [9.17, 15) is 13.2 Å². The average Bonchev–Trinajstić information content (AvgIpc) is 2.14. The number of carbonyl (C=O) groups is 1. The molecule has 0 unspecified atom stereocenters. The smallest absolute Gasteiger partial charge is 0.238 e. The van der Waals surface area contributed by atoms with Gasteiger partial charge < -0.3 is 0 Å². The number of rotatable bonds is 2. The van der Waals surface area contributed by atoms with Gasteiger partial charge in [-0.2, -0.15) is 0 Å². The van der Waals surface area contributed by atoms with Gasteiger partial charge in [-0.05, 0) is 18.2 Å². The summed E-state index contributed by atoms with van der Waals surface area (Å²) in [5, 5.41) is 5.22. The Morgan fingerprint density at radius 2 is 1.82 bits per heavy atom. The number of hydrogen-bond donors (Lipinski definition) is 1. The predicted octanol–water partition coefficient (Wildman–Crippen LogP) is 2.22. The summed E-state index contributed by atoms with van der Waals surface area (Å²) in [6, 6.07) is 3.85. The van der Waals surface area contributed by atoms with Crippen LogP contribution >= 0.6 is 11.6 Å². The maximum Gasteiger partial charge on any atom is 0.238 e. The third-order valence-corrected chi connectivity index (χ3v) is 3.43. The number of Topliss-reactive ketones (excluding diaryl/α,β-unsaturated/α-hetero) is 1. The number of primary sulfonamides is 1. The molecule has 0 aliphatic heterocycles. The Labute approximate surface area is 106 Å². The molecule has 0 atom stereocenters. The molecule has 0 radical (unpaired) electrons. The lowest BCUT2D eigenvalue weighted by molar-refractivity contribution is 0.0858. The van der Waals surface area contributed by atoms with Crippen molar-refractivity contribution in [2.45, 2.75) is 25.7 Å². The molecule has 17 heavy (non-hydrogen) atoms. The molecule has 0 aliphatic carbocycles. The highest BCUT2D eigenvalue weighted by molar-refractivity contribution is 7.89. The summed E-state index contributed by atoms with van der Waals surface area (Å²) < 4.78 is 22.4. The molecule has 0 saturated heterocycles. The first-order valence-electron chi connectivity index (χ1n) is 4.90. The number of hydrogen-bond acceptors (Lipinski definition) is 3. The Kier molecular flexibility index (Phi) is 3.66. The maximum atomic E-state index is 12.0. The quantitative estimate of drug-likeness (QED) is 0.841. The second kappa shape index (κ2) is 4.40. The van der Waals surface area contributed by atoms with Gasteiger partial charge in [0.2, 0.25) is 10.0 Å². The molecule has 0 aromatic heterocycles. The molecule has 6 heteroatoms. The van der Waals surface area contributed by atoms with Crippen molar-refractivity contribution in [3.8, 4) is 0 Å². The van der Waals surface area contributed by atoms with Crippen molar-refractivity contribution in [2.75, 3.05) is 0 Å². The Morgan fingerprint density at radius 1 is 1.29 bits per heavy atom. The monoisotopic (exact) mass is 275 g/mol. The van der Waals surface area contributed by atoms with Crippen molar-refractivity contribution in [3.63, 3.8) is 0 Å². The Bertz CT molecular complexity index is 559. The maximum absolute atomic E-state index is 12.0. The van der Waals surface area contributed by atoms with Crippen LogP contribution in [0.3, 0.4) is 0 Å². The van der Waals surface area contributed by atoms with Crippen LogP contribution in [0.2, 0.25) is 5.02 Å². The van der Waals surface area contributed by atoms with Crippen molar-refractivity contribution in [1.82, 2.24) is 0 Å². The molecular formula is C11H14ClNO3S. The average molecular weight is 276 g/mol. The molecule has 0 bridgehead atoms. The van der Waals surface area contributed by atoms with Crippen LogP contribution < -0.4 is 5.14 Å². The van der Waals surface area contributed by atoms with Crippen LogP contribution in [-0.4, -0.2) is 14.2 Å². The van der Waals surface area contributed by atoms with Gasteiger partial charge in [0.05, 0.1) is 9.92 Å². The molecule has 94 valence electrons. The van der Waals surface area contributed by atoms with Crippen molar-refractivity contribution >= 4 is 27.4 Å². The number of carbonyl (C=O) groups excluding carboxylic acids is 1. The summed E-state index contributed by atoms with van der Waals surface area (Å²) in [6.45, 7) is 5.19. The van der Waals surface area contributed by atoms with E-state index in [1.807, 2.05) is 0 Å². The summed E-state index contributed by atoms with van der Waals surface area (Å²) in [5.74, 6) is -0.229. The van der Waals surface area contributed by atoms with Gasteiger partial charge in [0.25, 0.3) is 0 Å². The molecule has 0 amide bonds. The number of benzene rings is 1. The molecule has 1 rings (SSSR count). The summed E-state index contributed by atoms with van der Waals surface area (Å²) in [4.78, 5) is 11.9. The Morgan fingerprint density at radius 3 is 2.24 bits per heavy atom. The van der Waals surface area contributed by atoms with E-state index in [1.54, 1.807) is 20.8 Å². The lowest BCUT2D eigenvalue weighted by atomic mass is 9.86. The predicted molar refractivity (Wildman–Crippen MR) is 66.6 cm³/mol. The zero-order valence-electron chi connectivity index (χ0n) is 9.82. The molecule has 0 saturated carbocycles. The highest BCUT2D eigenvalue weighted by atomic mass is 35.5. The second-order valence-corrected chi connectivity index (χ2v) is 6.73. The minimum atomic E-state index is -3.83. The summed E-state index contributed by atoms with van der Waals surface area (Å²) in [7, 11) is -3.83. The highest BCUT2D eigenvalue weighted by Crippen LogP contribution is 2.27. The standard InChI is InChI=1S/C11H14ClNO3S/c1-11(2,3)10(14)8-6-7(17(13,15)16)4-5-9(8)12/h4-6H,1-3H3,(H2,13,15,16). The normalized spacial score (nSPS) is 12.5. The first-order chi connectivity index (χ1) is 7.53. The van der Waals surface area contributed by atoms with Gasteiger partial charge in [0.15, 0.2) is 5.78 Å². The number of halogens is 1. The molecule has 1 aromatic carbocycles. The van der Waals surface area contributed by atoms with Gasteiger partial charge in [0.1, 0.15) is 0 Å². The zero-order chi connectivity index (χ0) is 13.4. The van der Waals surface area contributed by atoms with Crippen LogP contribution in [0.5, 0.6) is 0 Å². The highest BCUT2D eigenvalue weighted by Gasteiger charge is 2.26. The van der Waals surface area contributed by atoms with Crippen LogP contribution in [0.15, 0.2) is 23.1 Å². The molecule has 4 nitrogen and oxygen atoms in total. The van der Waals surface area contributed by atoms with E-state index in [4.69, 9.17) is 16.7 Å². The Balaban J connectivity index is 3.40. The van der Waals surface area contributed by atoms with Gasteiger partial charge in [-0.25, -0.2) is 13.6 Å². The second-order valence-electron chi connectivity index (χ2n) is 4.77. The molecule has 0 heterocycles. The van der Waals surface area contributed by atoms with Crippen molar-refractivity contribution in [2.24, 2.45) is 10.6 Å². The molecule has 1 aromatic rings. The summed E-state index contributed by atoms with van der Waals surface area (Å²) >= 11 is 5.89. The lowest BCUT2D eigenvalue weighted by Gasteiger charge is -2.17. The molecule has 0 fully saturated rings. The van der Waals surface area contributed by atoms with Gasteiger partial charge >= 0.3 is 0 Å². The third-order valence-electron chi connectivity index (χ3n) is 2.19. The molecule has 0 aliphatic rings. The summed E-state index contributed by atoms with van der Waals surface area (Å²) in [6.07, 6.45) is 0. The van der Waals surface area contributed by atoms with Crippen LogP contribution in [0.25, 0.3) is 0 Å². The fourth-order valence-electron chi connectivity index (χ4n) is 1.26. The number of nitrogens with two attached hydrogens (primary N) is 1. The SMILES string of the molecule is CC(C)(C)C(=O)c1cc(S(N)(=O)=O)ccc1Cl. The van der Waals surface area contributed by atoms with Gasteiger partial charge in [-0.15, -0.1) is 0 Å². The largest absolute Gasteiger partial charge is 0.294 e. The van der Waals surface area contributed by atoms with Gasteiger partial charge in [-0.1, -0.05) is 32.4 Å². The van der Waals surface area contributed by atoms with Crippen molar-refractivity contribution in [1.29, 1.82) is 0 Å². The van der Waals surface area contributed by atoms with Crippen molar-refractivity contribution in [3.05, 3.63) is 28.8 Å². The minimum Gasteiger partial charge on any atom is -0.294 e. The van der Waals surface area contributed by atoms with Crippen LogP contribution in [0.1, 0.15) is 31.1 Å². The number of ketones is 1. The molecule has 2 N–H and O–H groups in total. The fourth-order valence-corrected chi connectivity index (χ4v) is 2.00. The first-order valence-corrected chi connectivity index (χ1v) is 6.83. The van der Waals surface area contributed by atoms with E-state index in [1.165, 1.54) is 18.2 Å². The fraction of sp³-hybridized carbons (Fsp3) is 0.364. The lowest BCUT2D eigenvalue weighted by Crippen LogP contribution is -2.21. The first kappa shape index (κ1) is 14.2. The van der Waals surface area contributed by atoms with E-state index < -0.39 is 15.4 Å². The van der Waals surface area contributed by atoms with E-state index >= 15 is 0 Å². The van der Waals surface area contributed by atoms with Crippen LogP contribution in [-0.2, 0) is 10.0 Å². The Hall–Kier alpha value is -0.910. The van der Waals surface area contributed by atoms with Gasteiger partial charge in [0, 0.05) is 11.0 Å². The topological polar surface area (TPSA) is 77.2 Å². The van der Waals surface area contributed by atoms with Crippen LogP contribution in [0.4, 0.5) is 0 Å². The minimum absolute atomic E-state index is 0.116. The van der Waals surface area contributed by atoms with E-state index in [2.05, 4.69) is 0 Å². The molecule has 0 spiro atoms. The van der Waals surface area contributed by atoms with E-state index in [0.29, 0.717) is 0 Å².